The van der Waals surface area contributed by atoms with Gasteiger partial charge >= 0.3 is 0 Å². The first-order valence-electron chi connectivity index (χ1n) is 7.18. The summed E-state index contributed by atoms with van der Waals surface area (Å²) < 4.78 is 6.29. The highest BCUT2D eigenvalue weighted by Gasteiger charge is 2.33. The Hall–Kier alpha value is -0.523. The minimum atomic E-state index is -1.29. The maximum absolute atomic E-state index is 6.29. The van der Waals surface area contributed by atoms with Crippen LogP contribution in [0, 0.1) is 11.5 Å². The summed E-state index contributed by atoms with van der Waals surface area (Å²) in [7, 11) is -1.29. The van der Waals surface area contributed by atoms with E-state index < -0.39 is 8.07 Å². The van der Waals surface area contributed by atoms with Crippen molar-refractivity contribution in [1.82, 2.24) is 0 Å². The Morgan fingerprint density at radius 1 is 1.28 bits per heavy atom. The third-order valence-corrected chi connectivity index (χ3v) is 4.25. The van der Waals surface area contributed by atoms with E-state index in [-0.39, 0.29) is 11.7 Å². The molecular formula is C16H28OSi. The van der Waals surface area contributed by atoms with Crippen LogP contribution in [0.25, 0.3) is 0 Å². The lowest BCUT2D eigenvalue weighted by Gasteiger charge is -2.37. The van der Waals surface area contributed by atoms with Gasteiger partial charge in [0.2, 0.25) is 0 Å². The fourth-order valence-corrected chi connectivity index (χ4v) is 3.19. The van der Waals surface area contributed by atoms with Crippen LogP contribution in [0.1, 0.15) is 45.4 Å². The molecule has 0 saturated heterocycles. The molecule has 0 amide bonds. The van der Waals surface area contributed by atoms with Crippen LogP contribution in [-0.4, -0.2) is 19.8 Å². The smallest absolute Gasteiger partial charge is 0.129 e. The van der Waals surface area contributed by atoms with E-state index in [4.69, 9.17) is 4.74 Å². The van der Waals surface area contributed by atoms with Gasteiger partial charge in [0.05, 0.1) is 5.60 Å². The first-order valence-corrected chi connectivity index (χ1v) is 10.7. The van der Waals surface area contributed by atoms with Gasteiger partial charge in [0, 0.05) is 0 Å². The summed E-state index contributed by atoms with van der Waals surface area (Å²) in [6, 6.07) is 0. The third-order valence-electron chi connectivity index (χ3n) is 3.36. The van der Waals surface area contributed by atoms with Crippen molar-refractivity contribution in [2.24, 2.45) is 0 Å². The average molecular weight is 264 g/mol. The van der Waals surface area contributed by atoms with Crippen LogP contribution in [0.5, 0.6) is 0 Å². The normalized spacial score (nSPS) is 20.7. The summed E-state index contributed by atoms with van der Waals surface area (Å²) in [6.45, 7) is 12.8. The minimum Gasteiger partial charge on any atom is -0.359 e. The van der Waals surface area contributed by atoms with Gasteiger partial charge in [0.1, 0.15) is 14.2 Å². The molecule has 1 aliphatic rings. The highest BCUT2D eigenvalue weighted by Crippen LogP contribution is 2.35. The van der Waals surface area contributed by atoms with Gasteiger partial charge in [-0.1, -0.05) is 50.9 Å². The lowest BCUT2D eigenvalue weighted by atomic mass is 9.82. The van der Waals surface area contributed by atoms with Crippen molar-refractivity contribution in [3.05, 3.63) is 12.7 Å². The standard InChI is InChI=1S/C16H28OSi/c1-6-11-16(12-8-7-9-13-16)17-15(2)10-14-18(3,4)5/h6,15H,1,7-9,11-13H2,2-5H3. The van der Waals surface area contributed by atoms with Crippen LogP contribution in [0.4, 0.5) is 0 Å². The molecule has 0 bridgehead atoms. The molecule has 1 fully saturated rings. The SMILES string of the molecule is C=CCC1(OC(C)C#C[Si](C)(C)C)CCCCC1. The average Bonchev–Trinajstić information content (AvgIpc) is 2.27. The molecule has 1 aliphatic carbocycles. The molecule has 2 heteroatoms. The van der Waals surface area contributed by atoms with Crippen molar-refractivity contribution in [3.63, 3.8) is 0 Å². The molecule has 1 atom stereocenters. The Bertz CT molecular complexity index is 323. The predicted molar refractivity (Wildman–Crippen MR) is 82.3 cm³/mol. The molecule has 1 nitrogen and oxygen atoms in total. The zero-order chi connectivity index (χ0) is 13.6. The summed E-state index contributed by atoms with van der Waals surface area (Å²) in [4.78, 5) is 0. The molecule has 18 heavy (non-hydrogen) atoms. The van der Waals surface area contributed by atoms with E-state index in [0.717, 1.165) is 19.3 Å². The summed E-state index contributed by atoms with van der Waals surface area (Å²) in [5.74, 6) is 3.31. The second-order valence-electron chi connectivity index (χ2n) is 6.52. The number of rotatable bonds is 4. The van der Waals surface area contributed by atoms with E-state index in [0.29, 0.717) is 0 Å². The first-order chi connectivity index (χ1) is 8.37. The molecule has 1 rings (SSSR count). The van der Waals surface area contributed by atoms with Crippen molar-refractivity contribution in [2.75, 3.05) is 0 Å². The Morgan fingerprint density at radius 3 is 2.39 bits per heavy atom. The molecular weight excluding hydrogens is 236 g/mol. The largest absolute Gasteiger partial charge is 0.359 e. The summed E-state index contributed by atoms with van der Waals surface area (Å²) in [6.07, 6.45) is 9.25. The maximum atomic E-state index is 6.29. The van der Waals surface area contributed by atoms with E-state index in [1.165, 1.54) is 19.3 Å². The first kappa shape index (κ1) is 15.5. The van der Waals surface area contributed by atoms with Crippen molar-refractivity contribution in [1.29, 1.82) is 0 Å². The predicted octanol–water partition coefficient (Wildman–Crippen LogP) is 4.55. The molecule has 0 aromatic rings. The molecule has 0 aromatic carbocycles. The Balaban J connectivity index is 2.65. The summed E-state index contributed by atoms with van der Waals surface area (Å²) in [5, 5.41) is 0. The van der Waals surface area contributed by atoms with E-state index in [1.807, 2.05) is 6.08 Å². The third kappa shape index (κ3) is 5.41. The lowest BCUT2D eigenvalue weighted by Crippen LogP contribution is -2.37. The van der Waals surface area contributed by atoms with Crippen LogP contribution in [-0.2, 0) is 4.74 Å². The lowest BCUT2D eigenvalue weighted by molar-refractivity contribution is -0.0860. The Labute approximate surface area is 114 Å². The van der Waals surface area contributed by atoms with Crippen molar-refractivity contribution >= 4 is 8.07 Å². The van der Waals surface area contributed by atoms with Crippen LogP contribution in [0.15, 0.2) is 12.7 Å². The Kier molecular flexibility index (Phi) is 5.69. The fraction of sp³-hybridized carbons (Fsp3) is 0.750. The topological polar surface area (TPSA) is 9.23 Å². The van der Waals surface area contributed by atoms with Gasteiger partial charge in [-0.05, 0) is 26.2 Å². The van der Waals surface area contributed by atoms with E-state index in [9.17, 15) is 0 Å². The molecule has 0 aromatic heterocycles. The molecule has 0 radical (unpaired) electrons. The molecule has 1 unspecified atom stereocenters. The van der Waals surface area contributed by atoms with Gasteiger partial charge in [-0.15, -0.1) is 12.1 Å². The number of hydrogen-bond donors (Lipinski definition) is 0. The van der Waals surface area contributed by atoms with Gasteiger partial charge in [0.15, 0.2) is 0 Å². The number of hydrogen-bond acceptors (Lipinski definition) is 1. The van der Waals surface area contributed by atoms with Gasteiger partial charge in [0.25, 0.3) is 0 Å². The Morgan fingerprint density at radius 2 is 1.89 bits per heavy atom. The molecule has 0 N–H and O–H groups in total. The van der Waals surface area contributed by atoms with Crippen molar-refractivity contribution in [2.45, 2.75) is 76.8 Å². The summed E-state index contributed by atoms with van der Waals surface area (Å²) >= 11 is 0. The van der Waals surface area contributed by atoms with E-state index in [1.54, 1.807) is 0 Å². The fourth-order valence-electron chi connectivity index (χ4n) is 2.55. The van der Waals surface area contributed by atoms with E-state index in [2.05, 4.69) is 44.6 Å². The van der Waals surface area contributed by atoms with Crippen LogP contribution in [0.2, 0.25) is 19.6 Å². The van der Waals surface area contributed by atoms with Crippen molar-refractivity contribution < 1.29 is 4.74 Å². The highest BCUT2D eigenvalue weighted by atomic mass is 28.3. The van der Waals surface area contributed by atoms with Gasteiger partial charge in [-0.2, -0.15) is 0 Å². The molecule has 0 heterocycles. The second-order valence-corrected chi connectivity index (χ2v) is 11.3. The zero-order valence-electron chi connectivity index (χ0n) is 12.5. The zero-order valence-corrected chi connectivity index (χ0v) is 13.5. The molecule has 0 aliphatic heterocycles. The van der Waals surface area contributed by atoms with Crippen molar-refractivity contribution in [3.8, 4) is 11.5 Å². The maximum Gasteiger partial charge on any atom is 0.129 e. The minimum absolute atomic E-state index is 0.0214. The molecule has 102 valence electrons. The molecule has 1 saturated carbocycles. The number of ether oxygens (including phenoxy) is 1. The quantitative estimate of drug-likeness (QED) is 0.411. The highest BCUT2D eigenvalue weighted by molar-refractivity contribution is 6.83. The van der Waals surface area contributed by atoms with Gasteiger partial charge in [-0.25, -0.2) is 0 Å². The van der Waals surface area contributed by atoms with Crippen LogP contribution >= 0.6 is 0 Å². The van der Waals surface area contributed by atoms with Gasteiger partial charge in [-0.3, -0.25) is 0 Å². The second kappa shape index (κ2) is 6.59. The monoisotopic (exact) mass is 264 g/mol. The summed E-state index contributed by atoms with van der Waals surface area (Å²) in [5.41, 5.74) is 3.43. The van der Waals surface area contributed by atoms with Crippen LogP contribution in [0.3, 0.4) is 0 Å². The molecule has 0 spiro atoms. The van der Waals surface area contributed by atoms with Gasteiger partial charge < -0.3 is 4.74 Å². The van der Waals surface area contributed by atoms with Crippen LogP contribution < -0.4 is 0 Å². The van der Waals surface area contributed by atoms with E-state index >= 15 is 0 Å².